The van der Waals surface area contributed by atoms with Crippen molar-refractivity contribution in [2.24, 2.45) is 5.41 Å². The summed E-state index contributed by atoms with van der Waals surface area (Å²) in [6, 6.07) is 8.68. The fourth-order valence-electron chi connectivity index (χ4n) is 2.58. The van der Waals surface area contributed by atoms with E-state index in [1.165, 1.54) is 5.56 Å². The Morgan fingerprint density at radius 2 is 2.00 bits per heavy atom. The summed E-state index contributed by atoms with van der Waals surface area (Å²) in [5.41, 5.74) is 1.60. The Labute approximate surface area is 124 Å². The quantitative estimate of drug-likeness (QED) is 0.828. The number of nitrogens with zero attached hydrogens (tertiary/aromatic N) is 1. The number of nitrogens with one attached hydrogen (secondary N) is 1. The molecule has 0 aliphatic rings. The molecule has 0 aromatic heterocycles. The molecule has 114 valence electrons. The minimum Gasteiger partial charge on any atom is -0.497 e. The molecular weight excluding hydrogens is 248 g/mol. The van der Waals surface area contributed by atoms with E-state index in [1.807, 2.05) is 6.07 Å². The van der Waals surface area contributed by atoms with Crippen LogP contribution in [0.2, 0.25) is 0 Å². The molecule has 0 saturated carbocycles. The standard InChI is InChI=1S/C17H30N2O/c1-7-18-16(12-19(5)13-17(2,3)4)14-9-8-10-15(11-14)20-6/h8-11,16,18H,7,12-13H2,1-6H3. The minimum atomic E-state index is 0.319. The average molecular weight is 278 g/mol. The molecule has 0 radical (unpaired) electrons. The predicted octanol–water partition coefficient (Wildman–Crippen LogP) is 3.32. The second-order valence-corrected chi connectivity index (χ2v) is 6.64. The van der Waals surface area contributed by atoms with Crippen molar-refractivity contribution in [3.63, 3.8) is 0 Å². The zero-order valence-electron chi connectivity index (χ0n) is 13.9. The van der Waals surface area contributed by atoms with Crippen molar-refractivity contribution in [1.82, 2.24) is 10.2 Å². The van der Waals surface area contributed by atoms with Crippen molar-refractivity contribution in [3.05, 3.63) is 29.8 Å². The summed E-state index contributed by atoms with van der Waals surface area (Å²) in [7, 11) is 3.91. The van der Waals surface area contributed by atoms with Gasteiger partial charge < -0.3 is 15.0 Å². The van der Waals surface area contributed by atoms with Gasteiger partial charge in [-0.2, -0.15) is 0 Å². The van der Waals surface area contributed by atoms with Crippen LogP contribution in [0.5, 0.6) is 5.75 Å². The van der Waals surface area contributed by atoms with Crippen molar-refractivity contribution in [2.45, 2.75) is 33.7 Å². The van der Waals surface area contributed by atoms with Crippen LogP contribution >= 0.6 is 0 Å². The molecule has 0 aliphatic heterocycles. The molecule has 1 rings (SSSR count). The highest BCUT2D eigenvalue weighted by atomic mass is 16.5. The van der Waals surface area contributed by atoms with Crippen LogP contribution in [-0.2, 0) is 0 Å². The van der Waals surface area contributed by atoms with E-state index >= 15 is 0 Å². The van der Waals surface area contributed by atoms with Crippen molar-refractivity contribution in [2.75, 3.05) is 33.8 Å². The van der Waals surface area contributed by atoms with Crippen LogP contribution in [-0.4, -0.2) is 38.7 Å². The van der Waals surface area contributed by atoms with Gasteiger partial charge in [0.05, 0.1) is 7.11 Å². The van der Waals surface area contributed by atoms with Crippen LogP contribution in [0.3, 0.4) is 0 Å². The van der Waals surface area contributed by atoms with Gasteiger partial charge >= 0.3 is 0 Å². The molecule has 0 bridgehead atoms. The van der Waals surface area contributed by atoms with Gasteiger partial charge in [0, 0.05) is 19.1 Å². The zero-order valence-corrected chi connectivity index (χ0v) is 13.9. The third kappa shape index (κ3) is 5.93. The molecule has 3 heteroatoms. The van der Waals surface area contributed by atoms with E-state index in [1.54, 1.807) is 7.11 Å². The van der Waals surface area contributed by atoms with Crippen molar-refractivity contribution in [3.8, 4) is 5.75 Å². The Morgan fingerprint density at radius 1 is 1.30 bits per heavy atom. The lowest BCUT2D eigenvalue weighted by molar-refractivity contribution is 0.208. The lowest BCUT2D eigenvalue weighted by Crippen LogP contribution is -2.37. The molecule has 3 nitrogen and oxygen atoms in total. The first kappa shape index (κ1) is 17.0. The molecule has 0 saturated heterocycles. The number of hydrogen-bond acceptors (Lipinski definition) is 3. The number of likely N-dealkylation sites (N-methyl/N-ethyl adjacent to an activating group) is 2. The molecule has 1 N–H and O–H groups in total. The smallest absolute Gasteiger partial charge is 0.119 e. The third-order valence-corrected chi connectivity index (χ3v) is 3.19. The SMILES string of the molecule is CCNC(CN(C)CC(C)(C)C)c1cccc(OC)c1. The molecule has 0 amide bonds. The van der Waals surface area contributed by atoms with Crippen molar-refractivity contribution >= 4 is 0 Å². The van der Waals surface area contributed by atoms with Crippen LogP contribution in [0.25, 0.3) is 0 Å². The number of hydrogen-bond donors (Lipinski definition) is 1. The molecule has 0 aliphatic carbocycles. The van der Waals surface area contributed by atoms with Gasteiger partial charge in [-0.25, -0.2) is 0 Å². The first-order valence-corrected chi connectivity index (χ1v) is 7.41. The summed E-state index contributed by atoms with van der Waals surface area (Å²) in [6.07, 6.45) is 0. The number of benzene rings is 1. The molecule has 20 heavy (non-hydrogen) atoms. The second kappa shape index (κ2) is 7.65. The van der Waals surface area contributed by atoms with E-state index in [-0.39, 0.29) is 0 Å². The van der Waals surface area contributed by atoms with Gasteiger partial charge in [-0.1, -0.05) is 39.8 Å². The summed E-state index contributed by atoms with van der Waals surface area (Å²) >= 11 is 0. The van der Waals surface area contributed by atoms with Crippen LogP contribution < -0.4 is 10.1 Å². The Bertz CT molecular complexity index is 398. The molecule has 1 unspecified atom stereocenters. The van der Waals surface area contributed by atoms with Crippen LogP contribution in [0.4, 0.5) is 0 Å². The van der Waals surface area contributed by atoms with Crippen LogP contribution in [0.1, 0.15) is 39.3 Å². The van der Waals surface area contributed by atoms with E-state index < -0.39 is 0 Å². The first-order valence-electron chi connectivity index (χ1n) is 7.41. The van der Waals surface area contributed by atoms with Crippen LogP contribution in [0, 0.1) is 5.41 Å². The number of methoxy groups -OCH3 is 1. The summed E-state index contributed by atoms with van der Waals surface area (Å²) in [4.78, 5) is 2.40. The Kier molecular flexibility index (Phi) is 6.50. The highest BCUT2D eigenvalue weighted by Crippen LogP contribution is 2.21. The summed E-state index contributed by atoms with van der Waals surface area (Å²) in [5, 5.41) is 3.57. The number of rotatable bonds is 7. The molecule has 0 spiro atoms. The monoisotopic (exact) mass is 278 g/mol. The maximum atomic E-state index is 5.33. The van der Waals surface area contributed by atoms with E-state index in [0.29, 0.717) is 11.5 Å². The average Bonchev–Trinajstić information content (AvgIpc) is 2.36. The van der Waals surface area contributed by atoms with Gasteiger partial charge in [-0.05, 0) is 36.7 Å². The lowest BCUT2D eigenvalue weighted by Gasteiger charge is -2.30. The molecular formula is C17H30N2O. The molecule has 1 aromatic carbocycles. The van der Waals surface area contributed by atoms with Gasteiger partial charge in [0.1, 0.15) is 5.75 Å². The summed E-state index contributed by atoms with van der Waals surface area (Å²) in [6.45, 7) is 12.0. The summed E-state index contributed by atoms with van der Waals surface area (Å²) in [5.74, 6) is 0.920. The van der Waals surface area contributed by atoms with Crippen LogP contribution in [0.15, 0.2) is 24.3 Å². The lowest BCUT2D eigenvalue weighted by atomic mass is 9.95. The predicted molar refractivity (Wildman–Crippen MR) is 86.4 cm³/mol. The zero-order chi connectivity index (χ0) is 15.2. The Hall–Kier alpha value is -1.06. The van der Waals surface area contributed by atoms with Gasteiger partial charge in [0.15, 0.2) is 0 Å². The topological polar surface area (TPSA) is 24.5 Å². The molecule has 1 aromatic rings. The van der Waals surface area contributed by atoms with Gasteiger partial charge in [0.25, 0.3) is 0 Å². The maximum Gasteiger partial charge on any atom is 0.119 e. The van der Waals surface area contributed by atoms with Gasteiger partial charge in [-0.3, -0.25) is 0 Å². The molecule has 0 fully saturated rings. The second-order valence-electron chi connectivity index (χ2n) is 6.64. The Morgan fingerprint density at radius 3 is 2.55 bits per heavy atom. The first-order chi connectivity index (χ1) is 9.35. The highest BCUT2D eigenvalue weighted by Gasteiger charge is 2.18. The van der Waals surface area contributed by atoms with Crippen molar-refractivity contribution < 1.29 is 4.74 Å². The maximum absolute atomic E-state index is 5.33. The minimum absolute atomic E-state index is 0.319. The van der Waals surface area contributed by atoms with Gasteiger partial charge in [-0.15, -0.1) is 0 Å². The number of ether oxygens (including phenoxy) is 1. The largest absolute Gasteiger partial charge is 0.497 e. The highest BCUT2D eigenvalue weighted by molar-refractivity contribution is 5.30. The van der Waals surface area contributed by atoms with Crippen molar-refractivity contribution in [1.29, 1.82) is 0 Å². The summed E-state index contributed by atoms with van der Waals surface area (Å²) < 4.78 is 5.33. The molecule has 0 heterocycles. The van der Waals surface area contributed by atoms with E-state index in [4.69, 9.17) is 4.74 Å². The molecule has 1 atom stereocenters. The fourth-order valence-corrected chi connectivity index (χ4v) is 2.58. The van der Waals surface area contributed by atoms with Gasteiger partial charge in [0.2, 0.25) is 0 Å². The normalized spacial score (nSPS) is 13.6. The Balaban J connectivity index is 2.77. The van der Waals surface area contributed by atoms with E-state index in [9.17, 15) is 0 Å². The third-order valence-electron chi connectivity index (χ3n) is 3.19. The fraction of sp³-hybridized carbons (Fsp3) is 0.647. The van der Waals surface area contributed by atoms with E-state index in [2.05, 4.69) is 63.2 Å². The van der Waals surface area contributed by atoms with E-state index in [0.717, 1.165) is 25.4 Å².